The highest BCUT2D eigenvalue weighted by Gasteiger charge is 2.30. The standard InChI is InChI=1S/C14H22ClFN4O4.C7H7Cl2FN2.C7H16N2O4/c1-8(12(22-4)23-5)20(24-6)13(21)17-10-7-9(14(2,3)16)11(15)19-18-10;1-7(2,10)4-3-5(8)11-12-6(4)9;1-5(6(11-2)12-3)9(13-4)7(8)10/h7-8,12H,1-6H3,(H,17,18,21);3H,1-2H3;5-6H,1-4H3,(H2,8,10). The van der Waals surface area contributed by atoms with Crippen LogP contribution in [0.1, 0.15) is 52.7 Å². The third kappa shape index (κ3) is 14.9. The van der Waals surface area contributed by atoms with Crippen molar-refractivity contribution in [3.8, 4) is 0 Å². The van der Waals surface area contributed by atoms with Crippen molar-refractivity contribution in [1.82, 2.24) is 30.5 Å². The molecule has 280 valence electrons. The first-order valence-corrected chi connectivity index (χ1v) is 15.3. The molecule has 2 rings (SSSR count). The summed E-state index contributed by atoms with van der Waals surface area (Å²) in [4.78, 5) is 33.0. The lowest BCUT2D eigenvalue weighted by molar-refractivity contribution is -0.202. The van der Waals surface area contributed by atoms with Crippen molar-refractivity contribution in [2.45, 2.75) is 77.5 Å². The highest BCUT2D eigenvalue weighted by molar-refractivity contribution is 6.31. The number of amides is 4. The summed E-state index contributed by atoms with van der Waals surface area (Å²) in [5.74, 6) is 0.0331. The van der Waals surface area contributed by atoms with Gasteiger partial charge in [0.05, 0.1) is 14.2 Å². The topological polar surface area (TPSA) is 186 Å². The SMILES string of the molecule is CC(C)(F)c1cc(Cl)nnc1Cl.COC(OC)C(C)N(OC)C(=O)Nc1cc(C(C)(C)F)c(Cl)nn1.COC(OC)C(C)N(OC)C(N)=O. The lowest BCUT2D eigenvalue weighted by atomic mass is 10.0. The Labute approximate surface area is 299 Å². The molecule has 0 aliphatic carbocycles. The summed E-state index contributed by atoms with van der Waals surface area (Å²) in [6.07, 6.45) is -1.26. The molecule has 49 heavy (non-hydrogen) atoms. The summed E-state index contributed by atoms with van der Waals surface area (Å²) in [7, 11) is 8.50. The second-order valence-electron chi connectivity index (χ2n) is 10.7. The van der Waals surface area contributed by atoms with Crippen LogP contribution in [0.15, 0.2) is 12.1 Å². The van der Waals surface area contributed by atoms with E-state index in [9.17, 15) is 18.4 Å². The number of anilines is 1. The Hall–Kier alpha value is -2.81. The number of hydrogen-bond donors (Lipinski definition) is 2. The van der Waals surface area contributed by atoms with Crippen LogP contribution in [0.2, 0.25) is 15.5 Å². The van der Waals surface area contributed by atoms with Crippen LogP contribution in [-0.2, 0) is 40.0 Å². The van der Waals surface area contributed by atoms with Gasteiger partial charge < -0.3 is 24.7 Å². The van der Waals surface area contributed by atoms with E-state index in [0.717, 1.165) is 10.1 Å². The summed E-state index contributed by atoms with van der Waals surface area (Å²) in [5, 5.41) is 18.9. The van der Waals surface area contributed by atoms with Crippen molar-refractivity contribution >= 4 is 52.7 Å². The van der Waals surface area contributed by atoms with E-state index in [2.05, 4.69) is 25.7 Å². The fourth-order valence-corrected chi connectivity index (χ4v) is 4.66. The molecule has 0 spiro atoms. The predicted molar refractivity (Wildman–Crippen MR) is 178 cm³/mol. The van der Waals surface area contributed by atoms with Gasteiger partial charge in [-0.15, -0.1) is 20.4 Å². The Morgan fingerprint density at radius 2 is 1.12 bits per heavy atom. The molecule has 0 radical (unpaired) electrons. The molecular weight excluding hydrogens is 721 g/mol. The molecule has 0 aliphatic heterocycles. The van der Waals surface area contributed by atoms with E-state index in [-0.39, 0.29) is 32.4 Å². The van der Waals surface area contributed by atoms with Gasteiger partial charge in [-0.2, -0.15) is 10.1 Å². The van der Waals surface area contributed by atoms with Crippen LogP contribution in [0.3, 0.4) is 0 Å². The number of methoxy groups -OCH3 is 4. The average Bonchev–Trinajstić information content (AvgIpc) is 3.00. The molecule has 16 nitrogen and oxygen atoms in total. The van der Waals surface area contributed by atoms with Crippen molar-refractivity contribution in [2.75, 3.05) is 48.0 Å². The second kappa shape index (κ2) is 21.4. The number of ether oxygens (including phenoxy) is 4. The number of urea groups is 2. The maximum atomic E-state index is 14.1. The van der Waals surface area contributed by atoms with Crippen LogP contribution in [0.25, 0.3) is 0 Å². The normalized spacial score (nSPS) is 12.7. The van der Waals surface area contributed by atoms with Gasteiger partial charge in [0.15, 0.2) is 33.9 Å². The van der Waals surface area contributed by atoms with Gasteiger partial charge in [0.2, 0.25) is 0 Å². The molecular formula is C28H45Cl3F2N8O8. The van der Waals surface area contributed by atoms with E-state index in [1.807, 2.05) is 0 Å². The predicted octanol–water partition coefficient (Wildman–Crippen LogP) is 5.66. The van der Waals surface area contributed by atoms with E-state index in [0.29, 0.717) is 0 Å². The number of primary amides is 1. The number of alkyl halides is 2. The summed E-state index contributed by atoms with van der Waals surface area (Å²) >= 11 is 17.0. The van der Waals surface area contributed by atoms with Crippen LogP contribution < -0.4 is 11.1 Å². The lowest BCUT2D eigenvalue weighted by Gasteiger charge is -2.30. The van der Waals surface area contributed by atoms with Gasteiger partial charge in [0, 0.05) is 39.6 Å². The maximum absolute atomic E-state index is 14.1. The number of nitrogens with zero attached hydrogens (tertiary/aromatic N) is 6. The van der Waals surface area contributed by atoms with Crippen LogP contribution in [0.5, 0.6) is 0 Å². The molecule has 0 saturated carbocycles. The average molecular weight is 766 g/mol. The Bertz CT molecular complexity index is 1320. The molecule has 2 aromatic heterocycles. The fourth-order valence-electron chi connectivity index (χ4n) is 3.88. The molecule has 2 unspecified atom stereocenters. The Morgan fingerprint density at radius 3 is 1.47 bits per heavy atom. The molecule has 0 saturated heterocycles. The summed E-state index contributed by atoms with van der Waals surface area (Å²) < 4.78 is 47.6. The molecule has 0 fully saturated rings. The van der Waals surface area contributed by atoms with Gasteiger partial charge in [0.25, 0.3) is 0 Å². The number of hydroxylamine groups is 4. The van der Waals surface area contributed by atoms with E-state index in [1.165, 1.54) is 82.5 Å². The highest BCUT2D eigenvalue weighted by Crippen LogP contribution is 2.31. The summed E-state index contributed by atoms with van der Waals surface area (Å²) in [6.45, 7) is 8.79. The zero-order valence-corrected chi connectivity index (χ0v) is 31.6. The Morgan fingerprint density at radius 1 is 0.735 bits per heavy atom. The number of hydrogen-bond acceptors (Lipinski definition) is 12. The Balaban J connectivity index is 0.000000776. The molecule has 3 N–H and O–H groups in total. The van der Waals surface area contributed by atoms with Gasteiger partial charge in [0.1, 0.15) is 23.4 Å². The number of rotatable bonds is 13. The fraction of sp³-hybridized carbons (Fsp3) is 0.643. The van der Waals surface area contributed by atoms with Gasteiger partial charge in [-0.1, -0.05) is 34.8 Å². The second-order valence-corrected chi connectivity index (χ2v) is 11.8. The molecule has 0 aliphatic rings. The molecule has 21 heteroatoms. The minimum atomic E-state index is -1.74. The number of aromatic nitrogens is 4. The number of carbonyl (C=O) groups excluding carboxylic acids is 2. The maximum Gasteiger partial charge on any atom is 0.347 e. The van der Waals surface area contributed by atoms with Gasteiger partial charge in [-0.05, 0) is 53.7 Å². The lowest BCUT2D eigenvalue weighted by Crippen LogP contribution is -2.48. The van der Waals surface area contributed by atoms with Crippen LogP contribution >= 0.6 is 34.8 Å². The Kier molecular flexibility index (Phi) is 20.2. The van der Waals surface area contributed by atoms with Crippen LogP contribution in [0, 0.1) is 0 Å². The molecule has 2 heterocycles. The zero-order chi connectivity index (χ0) is 38.3. The van der Waals surface area contributed by atoms with Crippen molar-refractivity contribution in [2.24, 2.45) is 5.73 Å². The van der Waals surface area contributed by atoms with E-state index in [4.69, 9.17) is 69.2 Å². The monoisotopic (exact) mass is 764 g/mol. The largest absolute Gasteiger partial charge is 0.354 e. The highest BCUT2D eigenvalue weighted by atomic mass is 35.5. The quantitative estimate of drug-likeness (QED) is 0.189. The van der Waals surface area contributed by atoms with Gasteiger partial charge in [-0.25, -0.2) is 18.4 Å². The molecule has 2 atom stereocenters. The minimum absolute atomic E-state index is 0.0331. The van der Waals surface area contributed by atoms with Gasteiger partial charge in [-0.3, -0.25) is 15.0 Å². The van der Waals surface area contributed by atoms with E-state index >= 15 is 0 Å². The van der Waals surface area contributed by atoms with E-state index in [1.54, 1.807) is 13.8 Å². The molecule has 0 aromatic carbocycles. The summed E-state index contributed by atoms with van der Waals surface area (Å²) in [5.41, 5.74) is 2.13. The third-order valence-corrected chi connectivity index (χ3v) is 6.99. The first kappa shape index (κ1) is 46.2. The third-order valence-electron chi connectivity index (χ3n) is 6.25. The smallest absolute Gasteiger partial charge is 0.347 e. The molecule has 0 bridgehead atoms. The van der Waals surface area contributed by atoms with Crippen molar-refractivity contribution in [1.29, 1.82) is 0 Å². The molecule has 2 aromatic rings. The number of nitrogens with one attached hydrogen (secondary N) is 1. The minimum Gasteiger partial charge on any atom is -0.354 e. The zero-order valence-electron chi connectivity index (χ0n) is 29.4. The van der Waals surface area contributed by atoms with Crippen LogP contribution in [-0.4, -0.2) is 110 Å². The van der Waals surface area contributed by atoms with Crippen molar-refractivity contribution in [3.63, 3.8) is 0 Å². The summed E-state index contributed by atoms with van der Waals surface area (Å²) in [6, 6.07) is 0.379. The van der Waals surface area contributed by atoms with Gasteiger partial charge >= 0.3 is 12.1 Å². The van der Waals surface area contributed by atoms with E-state index < -0.39 is 48.1 Å². The van der Waals surface area contributed by atoms with Crippen LogP contribution in [0.4, 0.5) is 24.2 Å². The number of nitrogens with two attached hydrogens (primary N) is 1. The van der Waals surface area contributed by atoms with Crippen molar-refractivity contribution in [3.05, 3.63) is 38.7 Å². The number of carbonyl (C=O) groups is 2. The number of halogens is 5. The first-order chi connectivity index (χ1) is 22.6. The molecule has 4 amide bonds. The first-order valence-electron chi connectivity index (χ1n) is 14.1. The van der Waals surface area contributed by atoms with Crippen molar-refractivity contribution < 1.29 is 47.0 Å².